The van der Waals surface area contributed by atoms with Crippen LogP contribution in [0.4, 0.5) is 8.78 Å². The molecule has 0 atom stereocenters. The highest BCUT2D eigenvalue weighted by Gasteiger charge is 2.24. The molecule has 1 N–H and O–H groups in total. The maximum atomic E-state index is 13.9. The van der Waals surface area contributed by atoms with Crippen LogP contribution in [-0.4, -0.2) is 30.6 Å². The highest BCUT2D eigenvalue weighted by atomic mass is 19.2. The van der Waals surface area contributed by atoms with Crippen LogP contribution in [0, 0.1) is 24.5 Å². The van der Waals surface area contributed by atoms with Crippen LogP contribution in [-0.2, 0) is 17.9 Å². The lowest BCUT2D eigenvalue weighted by Gasteiger charge is -2.37. The lowest BCUT2D eigenvalue weighted by atomic mass is 10.0. The van der Waals surface area contributed by atoms with E-state index in [9.17, 15) is 8.78 Å². The number of nitrogens with one attached hydrogen (secondary N) is 1. The number of halogens is 2. The molecule has 1 heterocycles. The number of ether oxygens (including phenoxy) is 2. The molecule has 1 fully saturated rings. The number of rotatable bonds is 10. The maximum Gasteiger partial charge on any atom is 0.182 e. The highest BCUT2D eigenvalue weighted by molar-refractivity contribution is 5.29. The lowest BCUT2D eigenvalue weighted by molar-refractivity contribution is 0.0616. The van der Waals surface area contributed by atoms with Crippen LogP contribution >= 0.6 is 0 Å². The quantitative estimate of drug-likeness (QED) is 0.487. The van der Waals surface area contributed by atoms with Gasteiger partial charge in [0.2, 0.25) is 0 Å². The Hall–Kier alpha value is -2.60. The summed E-state index contributed by atoms with van der Waals surface area (Å²) in [5.41, 5.74) is 2.46. The maximum absolute atomic E-state index is 13.9. The number of piperidine rings is 1. The Labute approximate surface area is 190 Å². The first kappa shape index (κ1) is 24.1. The van der Waals surface area contributed by atoms with Gasteiger partial charge in [0.05, 0.1) is 6.61 Å². The molecule has 174 valence electrons. The molecule has 0 amide bonds. The molecule has 1 aliphatic heterocycles. The van der Waals surface area contributed by atoms with Crippen molar-refractivity contribution in [1.29, 1.82) is 0 Å². The van der Waals surface area contributed by atoms with Crippen LogP contribution in [0.15, 0.2) is 48.9 Å². The van der Waals surface area contributed by atoms with Gasteiger partial charge in [0.1, 0.15) is 12.4 Å². The van der Waals surface area contributed by atoms with E-state index >= 15 is 0 Å². The van der Waals surface area contributed by atoms with Gasteiger partial charge in [-0.05, 0) is 86.3 Å². The zero-order valence-electron chi connectivity index (χ0n) is 19.3. The summed E-state index contributed by atoms with van der Waals surface area (Å²) in [7, 11) is 0. The molecule has 4 nitrogen and oxygen atoms in total. The Kier molecular flexibility index (Phi) is 8.51. The summed E-state index contributed by atoms with van der Waals surface area (Å²) in [4.78, 5) is 2.08. The molecule has 3 rings (SSSR count). The Morgan fingerprint density at radius 3 is 2.44 bits per heavy atom. The minimum Gasteiger partial charge on any atom is -0.493 e. The molecule has 0 aromatic heterocycles. The first-order chi connectivity index (χ1) is 15.3. The van der Waals surface area contributed by atoms with Crippen molar-refractivity contribution in [3.63, 3.8) is 0 Å². The molecule has 0 radical (unpaired) electrons. The average Bonchev–Trinajstić information content (AvgIpc) is 2.79. The molecule has 0 saturated carbocycles. The third kappa shape index (κ3) is 6.70. The molecule has 0 bridgehead atoms. The van der Waals surface area contributed by atoms with Crippen molar-refractivity contribution in [3.05, 3.63) is 77.2 Å². The minimum absolute atomic E-state index is 0.225. The Bertz CT molecular complexity index is 893. The van der Waals surface area contributed by atoms with Crippen molar-refractivity contribution >= 4 is 0 Å². The molecule has 1 saturated heterocycles. The van der Waals surface area contributed by atoms with Crippen LogP contribution < -0.4 is 10.1 Å². The molecule has 0 spiro atoms. The van der Waals surface area contributed by atoms with Crippen molar-refractivity contribution in [2.45, 2.75) is 52.8 Å². The number of hydrogen-bond donors (Lipinski definition) is 1. The van der Waals surface area contributed by atoms with Crippen molar-refractivity contribution in [2.24, 2.45) is 5.92 Å². The Morgan fingerprint density at radius 2 is 1.78 bits per heavy atom. The molecular formula is C26H34F2N2O2. The molecule has 6 heteroatoms. The smallest absolute Gasteiger partial charge is 0.182 e. The Morgan fingerprint density at radius 1 is 1.12 bits per heavy atom. The second-order valence-corrected chi connectivity index (χ2v) is 8.83. The topological polar surface area (TPSA) is 33.7 Å². The predicted octanol–water partition coefficient (Wildman–Crippen LogP) is 5.55. The van der Waals surface area contributed by atoms with Crippen LogP contribution in [0.25, 0.3) is 0 Å². The second-order valence-electron chi connectivity index (χ2n) is 8.83. The van der Waals surface area contributed by atoms with E-state index in [0.717, 1.165) is 42.8 Å². The summed E-state index contributed by atoms with van der Waals surface area (Å²) < 4.78 is 39.3. The first-order valence-electron chi connectivity index (χ1n) is 11.3. The first-order valence-corrected chi connectivity index (χ1v) is 11.3. The third-order valence-electron chi connectivity index (χ3n) is 5.70. The van der Waals surface area contributed by atoms with E-state index in [-0.39, 0.29) is 6.04 Å². The fourth-order valence-corrected chi connectivity index (χ4v) is 3.77. The zero-order chi connectivity index (χ0) is 23.1. The Balaban J connectivity index is 1.67. The minimum atomic E-state index is -0.831. The summed E-state index contributed by atoms with van der Waals surface area (Å²) in [6.07, 6.45) is 1.87. The number of aryl methyl sites for hydroxylation is 1. The summed E-state index contributed by atoms with van der Waals surface area (Å²) in [6, 6.07) is 10.6. The summed E-state index contributed by atoms with van der Waals surface area (Å²) >= 11 is 0. The SMILES string of the molecule is C=C(OCc1ccc(OCC(C)C)cc1)N(Cc1cc(F)c(F)cc1C)C1CCNCC1. The van der Waals surface area contributed by atoms with Gasteiger partial charge in [0.25, 0.3) is 0 Å². The van der Waals surface area contributed by atoms with E-state index in [1.807, 2.05) is 24.3 Å². The van der Waals surface area contributed by atoms with E-state index in [4.69, 9.17) is 9.47 Å². The van der Waals surface area contributed by atoms with Gasteiger partial charge in [-0.3, -0.25) is 0 Å². The van der Waals surface area contributed by atoms with Crippen molar-refractivity contribution in [2.75, 3.05) is 19.7 Å². The fourth-order valence-electron chi connectivity index (χ4n) is 3.77. The van der Waals surface area contributed by atoms with Gasteiger partial charge >= 0.3 is 0 Å². The third-order valence-corrected chi connectivity index (χ3v) is 5.70. The number of hydrogen-bond acceptors (Lipinski definition) is 4. The van der Waals surface area contributed by atoms with Crippen LogP contribution in [0.3, 0.4) is 0 Å². The van der Waals surface area contributed by atoms with Crippen molar-refractivity contribution in [1.82, 2.24) is 10.2 Å². The highest BCUT2D eigenvalue weighted by Crippen LogP contribution is 2.25. The van der Waals surface area contributed by atoms with Crippen LogP contribution in [0.2, 0.25) is 0 Å². The van der Waals surface area contributed by atoms with E-state index in [2.05, 4.69) is 30.6 Å². The van der Waals surface area contributed by atoms with E-state index in [0.29, 0.717) is 37.1 Å². The average molecular weight is 445 g/mol. The molecule has 2 aromatic rings. The van der Waals surface area contributed by atoms with Gasteiger partial charge < -0.3 is 19.7 Å². The van der Waals surface area contributed by atoms with Crippen molar-refractivity contribution < 1.29 is 18.3 Å². The van der Waals surface area contributed by atoms with E-state index in [1.54, 1.807) is 6.92 Å². The molecule has 0 unspecified atom stereocenters. The number of benzene rings is 2. The summed E-state index contributed by atoms with van der Waals surface area (Å²) in [5, 5.41) is 3.36. The fraction of sp³-hybridized carbons (Fsp3) is 0.462. The van der Waals surface area contributed by atoms with Gasteiger partial charge in [-0.2, -0.15) is 0 Å². The number of nitrogens with zero attached hydrogens (tertiary/aromatic N) is 1. The second kappa shape index (κ2) is 11.3. The molecular weight excluding hydrogens is 410 g/mol. The summed E-state index contributed by atoms with van der Waals surface area (Å²) in [6.45, 7) is 13.5. The van der Waals surface area contributed by atoms with Crippen LogP contribution in [0.5, 0.6) is 5.75 Å². The molecule has 2 aromatic carbocycles. The zero-order valence-corrected chi connectivity index (χ0v) is 19.3. The standard InChI is InChI=1S/C26H34F2N2O2/c1-18(2)16-32-24-7-5-21(6-8-24)17-31-20(4)30(23-9-11-29-12-10-23)15-22-14-26(28)25(27)13-19(22)3/h5-8,13-14,18,23,29H,4,9-12,15-17H2,1-3H3. The van der Waals surface area contributed by atoms with Crippen LogP contribution in [0.1, 0.15) is 43.4 Å². The van der Waals surface area contributed by atoms with Gasteiger partial charge in [0, 0.05) is 12.6 Å². The molecule has 1 aliphatic rings. The monoisotopic (exact) mass is 444 g/mol. The molecule has 0 aliphatic carbocycles. The largest absolute Gasteiger partial charge is 0.493 e. The van der Waals surface area contributed by atoms with E-state index in [1.165, 1.54) is 12.1 Å². The van der Waals surface area contributed by atoms with Gasteiger partial charge in [-0.15, -0.1) is 0 Å². The van der Waals surface area contributed by atoms with Gasteiger partial charge in [0.15, 0.2) is 17.5 Å². The molecule has 32 heavy (non-hydrogen) atoms. The summed E-state index contributed by atoms with van der Waals surface area (Å²) in [5.74, 6) is 0.200. The predicted molar refractivity (Wildman–Crippen MR) is 123 cm³/mol. The van der Waals surface area contributed by atoms with Gasteiger partial charge in [-0.25, -0.2) is 8.78 Å². The van der Waals surface area contributed by atoms with Gasteiger partial charge in [-0.1, -0.05) is 26.0 Å². The normalized spacial score (nSPS) is 14.4. The lowest BCUT2D eigenvalue weighted by Crippen LogP contribution is -2.42. The van der Waals surface area contributed by atoms with E-state index < -0.39 is 11.6 Å². The van der Waals surface area contributed by atoms with Crippen molar-refractivity contribution in [3.8, 4) is 5.75 Å².